The molecule has 0 bridgehead atoms. The van der Waals surface area contributed by atoms with Gasteiger partial charge in [-0.05, 0) is 12.3 Å². The van der Waals surface area contributed by atoms with E-state index >= 15 is 0 Å². The Bertz CT molecular complexity index is 322. The summed E-state index contributed by atoms with van der Waals surface area (Å²) < 4.78 is 0. The zero-order valence-corrected chi connectivity index (χ0v) is 9.27. The second-order valence-electron chi connectivity index (χ2n) is 3.94. The average molecular weight is 224 g/mol. The molecule has 1 fully saturated rings. The van der Waals surface area contributed by atoms with Crippen LogP contribution in [-0.2, 0) is 9.59 Å². The number of hydrogen-bond acceptors (Lipinski definition) is 3. The third-order valence-corrected chi connectivity index (χ3v) is 2.78. The third-order valence-electron chi connectivity index (χ3n) is 2.78. The van der Waals surface area contributed by atoms with Crippen LogP contribution in [0, 0.1) is 18.3 Å². The van der Waals surface area contributed by atoms with Crippen molar-refractivity contribution in [1.82, 2.24) is 10.2 Å². The molecule has 2 N–H and O–H groups in total. The zero-order valence-electron chi connectivity index (χ0n) is 9.27. The first-order valence-electron chi connectivity index (χ1n) is 5.24. The van der Waals surface area contributed by atoms with Gasteiger partial charge in [0.05, 0.1) is 13.1 Å². The number of carboxylic acid groups (broad SMARTS) is 1. The number of rotatable bonds is 4. The second kappa shape index (κ2) is 5.52. The lowest BCUT2D eigenvalue weighted by Crippen LogP contribution is -2.46. The van der Waals surface area contributed by atoms with Gasteiger partial charge >= 0.3 is 5.97 Å². The minimum Gasteiger partial charge on any atom is -0.480 e. The first kappa shape index (κ1) is 12.5. The summed E-state index contributed by atoms with van der Waals surface area (Å²) in [6, 6.07) is -0.694. The van der Waals surface area contributed by atoms with E-state index in [9.17, 15) is 9.59 Å². The monoisotopic (exact) mass is 224 g/mol. The van der Waals surface area contributed by atoms with Crippen molar-refractivity contribution < 1.29 is 14.7 Å². The molecule has 1 saturated heterocycles. The molecule has 1 aliphatic rings. The van der Waals surface area contributed by atoms with Crippen molar-refractivity contribution in [2.75, 3.05) is 19.6 Å². The molecule has 1 rings (SSSR count). The van der Waals surface area contributed by atoms with E-state index in [1.165, 1.54) is 4.90 Å². The van der Waals surface area contributed by atoms with E-state index in [2.05, 4.69) is 11.2 Å². The molecular weight excluding hydrogens is 208 g/mol. The summed E-state index contributed by atoms with van der Waals surface area (Å²) in [7, 11) is 0. The maximum absolute atomic E-state index is 11.7. The first-order chi connectivity index (χ1) is 7.57. The highest BCUT2D eigenvalue weighted by Gasteiger charge is 2.38. The number of nitrogens with zero attached hydrogens (tertiary/aromatic N) is 1. The predicted molar refractivity (Wildman–Crippen MR) is 58.6 cm³/mol. The highest BCUT2D eigenvalue weighted by molar-refractivity contribution is 5.85. The van der Waals surface area contributed by atoms with E-state index in [1.807, 2.05) is 6.92 Å². The molecule has 1 aliphatic heterocycles. The van der Waals surface area contributed by atoms with Gasteiger partial charge in [0.1, 0.15) is 6.04 Å². The van der Waals surface area contributed by atoms with Crippen LogP contribution in [0.25, 0.3) is 0 Å². The molecule has 0 aromatic heterocycles. The highest BCUT2D eigenvalue weighted by Crippen LogP contribution is 2.23. The molecule has 1 amide bonds. The molecule has 0 aromatic rings. The van der Waals surface area contributed by atoms with Crippen LogP contribution in [0.3, 0.4) is 0 Å². The van der Waals surface area contributed by atoms with E-state index in [-0.39, 0.29) is 18.4 Å². The number of amides is 1. The van der Waals surface area contributed by atoms with Crippen LogP contribution < -0.4 is 5.32 Å². The van der Waals surface area contributed by atoms with Crippen molar-refractivity contribution in [3.05, 3.63) is 0 Å². The summed E-state index contributed by atoms with van der Waals surface area (Å²) in [6.07, 6.45) is 5.77. The Kier molecular flexibility index (Phi) is 4.32. The van der Waals surface area contributed by atoms with Crippen molar-refractivity contribution in [1.29, 1.82) is 0 Å². The number of carbonyl (C=O) groups excluding carboxylic acids is 1. The third kappa shape index (κ3) is 2.74. The number of hydrogen-bond donors (Lipinski definition) is 2. The summed E-state index contributed by atoms with van der Waals surface area (Å²) in [4.78, 5) is 24.1. The van der Waals surface area contributed by atoms with E-state index in [0.29, 0.717) is 13.1 Å². The van der Waals surface area contributed by atoms with Crippen molar-refractivity contribution >= 4 is 11.9 Å². The highest BCUT2D eigenvalue weighted by atomic mass is 16.4. The van der Waals surface area contributed by atoms with Crippen molar-refractivity contribution in [2.45, 2.75) is 19.4 Å². The number of terminal acetylenes is 1. The smallest absolute Gasteiger partial charge is 0.326 e. The maximum Gasteiger partial charge on any atom is 0.326 e. The molecule has 0 saturated carbocycles. The SMILES string of the molecule is C#CCNCC(=O)N1CCC(C)C1C(=O)O. The molecular formula is C11H16N2O3. The second-order valence-corrected chi connectivity index (χ2v) is 3.94. The van der Waals surface area contributed by atoms with Crippen LogP contribution in [-0.4, -0.2) is 47.6 Å². The van der Waals surface area contributed by atoms with Gasteiger partial charge < -0.3 is 10.0 Å². The molecule has 5 nitrogen and oxygen atoms in total. The quantitative estimate of drug-likeness (QED) is 0.500. The van der Waals surface area contributed by atoms with E-state index < -0.39 is 12.0 Å². The summed E-state index contributed by atoms with van der Waals surface area (Å²) in [5, 5.41) is 11.8. The predicted octanol–water partition coefficient (Wildman–Crippen LogP) is -0.469. The molecule has 0 aliphatic carbocycles. The molecule has 2 atom stereocenters. The summed E-state index contributed by atoms with van der Waals surface area (Å²) in [5.74, 6) is 1.23. The molecule has 0 aromatic carbocycles. The standard InChI is InChI=1S/C11H16N2O3/c1-3-5-12-7-9(14)13-6-4-8(2)10(13)11(15)16/h1,8,10,12H,4-7H2,2H3,(H,15,16). The van der Waals surface area contributed by atoms with Gasteiger partial charge in [-0.2, -0.15) is 0 Å². The Morgan fingerprint density at radius 3 is 2.88 bits per heavy atom. The largest absolute Gasteiger partial charge is 0.480 e. The van der Waals surface area contributed by atoms with Gasteiger partial charge in [0.2, 0.25) is 5.91 Å². The Morgan fingerprint density at radius 2 is 2.31 bits per heavy atom. The van der Waals surface area contributed by atoms with Crippen molar-refractivity contribution in [2.24, 2.45) is 5.92 Å². The molecule has 5 heteroatoms. The van der Waals surface area contributed by atoms with Crippen molar-refractivity contribution in [3.63, 3.8) is 0 Å². The topological polar surface area (TPSA) is 69.6 Å². The maximum atomic E-state index is 11.7. The Labute approximate surface area is 94.8 Å². The number of likely N-dealkylation sites (tertiary alicyclic amines) is 1. The summed E-state index contributed by atoms with van der Waals surface area (Å²) in [5.41, 5.74) is 0. The molecule has 2 unspecified atom stereocenters. The number of aliphatic carboxylic acids is 1. The minimum absolute atomic E-state index is 0.00841. The van der Waals surface area contributed by atoms with Crippen LogP contribution in [0.4, 0.5) is 0 Å². The Balaban J connectivity index is 2.55. The molecule has 1 heterocycles. The Morgan fingerprint density at radius 1 is 1.62 bits per heavy atom. The number of carbonyl (C=O) groups is 2. The molecule has 88 valence electrons. The van der Waals surface area contributed by atoms with Gasteiger partial charge in [-0.3, -0.25) is 10.1 Å². The van der Waals surface area contributed by atoms with Crippen molar-refractivity contribution in [3.8, 4) is 12.3 Å². The average Bonchev–Trinajstić information content (AvgIpc) is 2.60. The van der Waals surface area contributed by atoms with Gasteiger partial charge in [0.15, 0.2) is 0 Å². The fraction of sp³-hybridized carbons (Fsp3) is 0.636. The zero-order chi connectivity index (χ0) is 12.1. The molecule has 0 radical (unpaired) electrons. The van der Waals surface area contributed by atoms with Crippen LogP contribution in [0.15, 0.2) is 0 Å². The molecule has 16 heavy (non-hydrogen) atoms. The summed E-state index contributed by atoms with van der Waals surface area (Å²) >= 11 is 0. The van der Waals surface area contributed by atoms with Crippen LogP contribution in [0.2, 0.25) is 0 Å². The van der Waals surface area contributed by atoms with E-state index in [4.69, 9.17) is 11.5 Å². The van der Waals surface area contributed by atoms with Crippen LogP contribution >= 0.6 is 0 Å². The fourth-order valence-corrected chi connectivity index (χ4v) is 1.95. The lowest BCUT2D eigenvalue weighted by Gasteiger charge is -2.23. The van der Waals surface area contributed by atoms with Crippen LogP contribution in [0.5, 0.6) is 0 Å². The van der Waals surface area contributed by atoms with Crippen LogP contribution in [0.1, 0.15) is 13.3 Å². The van der Waals surface area contributed by atoms with Gasteiger partial charge in [-0.25, -0.2) is 4.79 Å². The lowest BCUT2D eigenvalue weighted by atomic mass is 10.0. The minimum atomic E-state index is -0.935. The van der Waals surface area contributed by atoms with E-state index in [0.717, 1.165) is 6.42 Å². The normalized spacial score (nSPS) is 24.1. The van der Waals surface area contributed by atoms with Gasteiger partial charge in [0, 0.05) is 6.54 Å². The fourth-order valence-electron chi connectivity index (χ4n) is 1.95. The van der Waals surface area contributed by atoms with Gasteiger partial charge in [0.25, 0.3) is 0 Å². The number of nitrogens with one attached hydrogen (secondary N) is 1. The lowest BCUT2D eigenvalue weighted by molar-refractivity contribution is -0.149. The van der Waals surface area contributed by atoms with Gasteiger partial charge in [-0.1, -0.05) is 12.8 Å². The van der Waals surface area contributed by atoms with Gasteiger partial charge in [-0.15, -0.1) is 6.42 Å². The Hall–Kier alpha value is -1.54. The number of carboxylic acids is 1. The molecule has 0 spiro atoms. The van der Waals surface area contributed by atoms with E-state index in [1.54, 1.807) is 0 Å². The summed E-state index contributed by atoms with van der Waals surface area (Å²) in [6.45, 7) is 2.77. The first-order valence-corrected chi connectivity index (χ1v) is 5.24.